The third-order valence-electron chi connectivity index (χ3n) is 7.05. The lowest BCUT2D eigenvalue weighted by atomic mass is 9.88. The molecule has 0 N–H and O–H groups in total. The van der Waals surface area contributed by atoms with Gasteiger partial charge >= 0.3 is 0 Å². The first-order valence-corrected chi connectivity index (χ1v) is 17.5. The Balaban J connectivity index is 0.00000177. The van der Waals surface area contributed by atoms with Crippen molar-refractivity contribution in [1.82, 2.24) is 9.80 Å². The molecule has 1 aliphatic heterocycles. The lowest BCUT2D eigenvalue weighted by Gasteiger charge is -2.40. The topological polar surface area (TPSA) is 23.6 Å². The number of amides is 1. The minimum atomic E-state index is 0.0734. The van der Waals surface area contributed by atoms with E-state index >= 15 is 0 Å². The smallest absolute Gasteiger partial charge is 0.223 e. The fourth-order valence-electron chi connectivity index (χ4n) is 5.22. The van der Waals surface area contributed by atoms with Gasteiger partial charge in [0.15, 0.2) is 0 Å². The molecule has 0 bridgehead atoms. The number of piperazine rings is 1. The highest BCUT2D eigenvalue weighted by molar-refractivity contribution is 5.78. The molecule has 5 rings (SSSR count). The SMILES string of the molecule is CC.CC.CC.CC.CC.O=C(CC(c1ccccc1)c1ccccc1)N1CCN(C(c2ccccc2)c2ccccc2)CC1. The molecule has 0 unspecified atom stereocenters. The minimum absolute atomic E-state index is 0.0734. The lowest BCUT2D eigenvalue weighted by Crippen LogP contribution is -2.50. The fraction of sp³-hybridized carbons (Fsp3) is 0.405. The largest absolute Gasteiger partial charge is 0.340 e. The zero-order valence-corrected chi connectivity index (χ0v) is 30.0. The van der Waals surface area contributed by atoms with Crippen LogP contribution in [0.5, 0.6) is 0 Å². The molecule has 0 spiro atoms. The first-order chi connectivity index (χ1) is 22.3. The number of rotatable bonds is 7. The molecule has 0 atom stereocenters. The number of carbonyl (C=O) groups is 1. The molecule has 4 aromatic carbocycles. The van der Waals surface area contributed by atoms with Crippen molar-refractivity contribution in [2.24, 2.45) is 0 Å². The second kappa shape index (κ2) is 26.7. The summed E-state index contributed by atoms with van der Waals surface area (Å²) < 4.78 is 0. The second-order valence-electron chi connectivity index (χ2n) is 9.22. The van der Waals surface area contributed by atoms with Crippen molar-refractivity contribution >= 4 is 5.91 Å². The van der Waals surface area contributed by atoms with Crippen molar-refractivity contribution in [2.45, 2.75) is 87.6 Å². The number of hydrogen-bond acceptors (Lipinski definition) is 2. The van der Waals surface area contributed by atoms with Crippen LogP contribution < -0.4 is 0 Å². The molecule has 1 saturated heterocycles. The summed E-state index contributed by atoms with van der Waals surface area (Å²) >= 11 is 0. The van der Waals surface area contributed by atoms with Crippen molar-refractivity contribution in [1.29, 1.82) is 0 Å². The first kappa shape index (κ1) is 41.3. The molecule has 0 radical (unpaired) electrons. The van der Waals surface area contributed by atoms with Crippen LogP contribution >= 0.6 is 0 Å². The average molecular weight is 611 g/mol. The van der Waals surface area contributed by atoms with Crippen molar-refractivity contribution in [3.8, 4) is 0 Å². The number of benzene rings is 4. The Morgan fingerprint density at radius 1 is 0.467 bits per heavy atom. The number of hydrogen-bond donors (Lipinski definition) is 0. The van der Waals surface area contributed by atoms with Crippen molar-refractivity contribution in [3.05, 3.63) is 144 Å². The molecule has 1 heterocycles. The molecule has 1 fully saturated rings. The van der Waals surface area contributed by atoms with Crippen molar-refractivity contribution in [3.63, 3.8) is 0 Å². The molecule has 0 saturated carbocycles. The van der Waals surface area contributed by atoms with E-state index in [2.05, 4.69) is 119 Å². The summed E-state index contributed by atoms with van der Waals surface area (Å²) in [6.07, 6.45) is 0.495. The third kappa shape index (κ3) is 13.5. The highest BCUT2D eigenvalue weighted by Crippen LogP contribution is 2.31. The molecule has 45 heavy (non-hydrogen) atoms. The molecule has 246 valence electrons. The van der Waals surface area contributed by atoms with E-state index in [0.29, 0.717) is 6.42 Å². The van der Waals surface area contributed by atoms with Gasteiger partial charge in [0.25, 0.3) is 0 Å². The molecule has 1 amide bonds. The summed E-state index contributed by atoms with van der Waals surface area (Å²) in [6, 6.07) is 42.4. The van der Waals surface area contributed by atoms with E-state index in [0.717, 1.165) is 26.2 Å². The predicted octanol–water partition coefficient (Wildman–Crippen LogP) is 11.3. The number of carbonyl (C=O) groups excluding carboxylic acids is 1. The normalized spacial score (nSPS) is 11.9. The Hall–Kier alpha value is -3.69. The molecule has 3 nitrogen and oxygen atoms in total. The zero-order chi connectivity index (χ0) is 33.9. The van der Waals surface area contributed by atoms with Crippen LogP contribution in [-0.4, -0.2) is 41.9 Å². The number of nitrogens with zero attached hydrogens (tertiary/aromatic N) is 2. The minimum Gasteiger partial charge on any atom is -0.340 e. The van der Waals surface area contributed by atoms with Gasteiger partial charge in [-0.3, -0.25) is 9.69 Å². The Morgan fingerprint density at radius 2 is 0.756 bits per heavy atom. The summed E-state index contributed by atoms with van der Waals surface area (Å²) in [5.74, 6) is 0.308. The fourth-order valence-corrected chi connectivity index (χ4v) is 5.22. The van der Waals surface area contributed by atoms with Crippen LogP contribution in [-0.2, 0) is 4.79 Å². The Labute approximate surface area is 277 Å². The van der Waals surface area contributed by atoms with Crippen LogP contribution in [0, 0.1) is 0 Å². The van der Waals surface area contributed by atoms with Gasteiger partial charge in [-0.05, 0) is 22.3 Å². The second-order valence-corrected chi connectivity index (χ2v) is 9.22. The van der Waals surface area contributed by atoms with Crippen LogP contribution in [0.2, 0.25) is 0 Å². The summed E-state index contributed by atoms with van der Waals surface area (Å²) in [7, 11) is 0. The molecule has 1 aliphatic rings. The van der Waals surface area contributed by atoms with Crippen LogP contribution in [0.4, 0.5) is 0 Å². The van der Waals surface area contributed by atoms with Crippen molar-refractivity contribution in [2.75, 3.05) is 26.2 Å². The van der Waals surface area contributed by atoms with Gasteiger partial charge in [-0.1, -0.05) is 191 Å². The monoisotopic (exact) mass is 610 g/mol. The third-order valence-corrected chi connectivity index (χ3v) is 7.05. The van der Waals surface area contributed by atoms with Gasteiger partial charge in [0, 0.05) is 38.5 Å². The quantitative estimate of drug-likeness (QED) is 0.208. The van der Waals surface area contributed by atoms with Gasteiger partial charge < -0.3 is 4.90 Å². The van der Waals surface area contributed by atoms with E-state index in [4.69, 9.17) is 0 Å². The van der Waals surface area contributed by atoms with Gasteiger partial charge in [0.05, 0.1) is 6.04 Å². The van der Waals surface area contributed by atoms with E-state index in [1.807, 2.05) is 81.4 Å². The van der Waals surface area contributed by atoms with E-state index in [1.165, 1.54) is 22.3 Å². The zero-order valence-electron chi connectivity index (χ0n) is 30.0. The van der Waals surface area contributed by atoms with Gasteiger partial charge in [-0.25, -0.2) is 0 Å². The first-order valence-electron chi connectivity index (χ1n) is 17.5. The van der Waals surface area contributed by atoms with Gasteiger partial charge in [0.1, 0.15) is 0 Å². The Bertz CT molecular complexity index is 1110. The maximum absolute atomic E-state index is 13.5. The molecule has 4 aromatic rings. The maximum Gasteiger partial charge on any atom is 0.223 e. The summed E-state index contributed by atoms with van der Waals surface area (Å²) in [6.45, 7) is 23.2. The lowest BCUT2D eigenvalue weighted by molar-refractivity contribution is -0.133. The van der Waals surface area contributed by atoms with E-state index < -0.39 is 0 Å². The van der Waals surface area contributed by atoms with E-state index in [1.54, 1.807) is 0 Å². The highest BCUT2D eigenvalue weighted by atomic mass is 16.2. The predicted molar refractivity (Wildman–Crippen MR) is 199 cm³/mol. The Morgan fingerprint density at radius 3 is 1.07 bits per heavy atom. The highest BCUT2D eigenvalue weighted by Gasteiger charge is 2.29. The average Bonchev–Trinajstić information content (AvgIpc) is 3.16. The molecule has 3 heteroatoms. The molecule has 0 aromatic heterocycles. The van der Waals surface area contributed by atoms with Crippen LogP contribution in [0.1, 0.15) is 110 Å². The van der Waals surface area contributed by atoms with Crippen molar-refractivity contribution < 1.29 is 4.79 Å². The van der Waals surface area contributed by atoms with Crippen LogP contribution in [0.15, 0.2) is 121 Å². The Kier molecular flexibility index (Phi) is 24.5. The van der Waals surface area contributed by atoms with Gasteiger partial charge in [-0.2, -0.15) is 0 Å². The van der Waals surface area contributed by atoms with E-state index in [9.17, 15) is 4.79 Å². The maximum atomic E-state index is 13.5. The standard InChI is InChI=1S/C32H32N2O.5C2H6/c35-31(25-30(26-13-5-1-6-14-26)27-15-7-2-8-16-27)33-21-23-34(24-22-33)32(28-17-9-3-10-18-28)29-19-11-4-12-20-29;5*1-2/h1-20,30,32H,21-25H2;5*1-2H3. The summed E-state index contributed by atoms with van der Waals surface area (Å²) in [5.41, 5.74) is 4.98. The van der Waals surface area contributed by atoms with Gasteiger partial charge in [-0.15, -0.1) is 0 Å². The molecule has 0 aliphatic carbocycles. The summed E-state index contributed by atoms with van der Waals surface area (Å²) in [5, 5.41) is 0. The molecular weight excluding hydrogens is 548 g/mol. The van der Waals surface area contributed by atoms with Gasteiger partial charge in [0.2, 0.25) is 5.91 Å². The van der Waals surface area contributed by atoms with Crippen LogP contribution in [0.3, 0.4) is 0 Å². The van der Waals surface area contributed by atoms with Crippen LogP contribution in [0.25, 0.3) is 0 Å². The summed E-state index contributed by atoms with van der Waals surface area (Å²) in [4.78, 5) is 18.1. The molecular formula is C42H62N2O. The van der Waals surface area contributed by atoms with E-state index in [-0.39, 0.29) is 17.9 Å².